The van der Waals surface area contributed by atoms with Gasteiger partial charge < -0.3 is 9.47 Å². The predicted octanol–water partition coefficient (Wildman–Crippen LogP) is 3.41. The molecular weight excluding hydrogens is 219 g/mol. The summed E-state index contributed by atoms with van der Waals surface area (Å²) in [5, 5.41) is 0. The van der Waals surface area contributed by atoms with Gasteiger partial charge in [-0.05, 0) is 42.0 Å². The number of ether oxygens (including phenoxy) is 2. The minimum Gasteiger partial charge on any atom is -0.497 e. The maximum absolute atomic E-state index is 12.7. The third-order valence-electron chi connectivity index (χ3n) is 2.35. The summed E-state index contributed by atoms with van der Waals surface area (Å²) in [7, 11) is 1.62. The second kappa shape index (κ2) is 5.34. The molecule has 0 N–H and O–H groups in total. The fraction of sp³-hybridized carbons (Fsp3) is 0.143. The summed E-state index contributed by atoms with van der Waals surface area (Å²) in [5.41, 5.74) is 1.01. The molecule has 88 valence electrons. The van der Waals surface area contributed by atoms with Crippen LogP contribution in [0.4, 0.5) is 4.39 Å². The van der Waals surface area contributed by atoms with Crippen molar-refractivity contribution in [2.24, 2.45) is 0 Å². The lowest BCUT2D eigenvalue weighted by atomic mass is 10.2. The highest BCUT2D eigenvalue weighted by molar-refractivity contribution is 5.29. The van der Waals surface area contributed by atoms with Crippen molar-refractivity contribution >= 4 is 0 Å². The Morgan fingerprint density at radius 1 is 1.00 bits per heavy atom. The molecule has 2 rings (SSSR count). The molecule has 0 unspecified atom stereocenters. The maximum atomic E-state index is 12.7. The Morgan fingerprint density at radius 3 is 2.47 bits per heavy atom. The zero-order valence-corrected chi connectivity index (χ0v) is 9.52. The summed E-state index contributed by atoms with van der Waals surface area (Å²) in [5.74, 6) is 1.18. The number of methoxy groups -OCH3 is 1. The molecule has 0 heterocycles. The first kappa shape index (κ1) is 11.5. The van der Waals surface area contributed by atoms with E-state index in [2.05, 4.69) is 0 Å². The first-order valence-electron chi connectivity index (χ1n) is 5.29. The number of benzene rings is 2. The molecule has 0 amide bonds. The van der Waals surface area contributed by atoms with Crippen molar-refractivity contribution in [3.8, 4) is 11.5 Å². The van der Waals surface area contributed by atoms with Gasteiger partial charge in [-0.25, -0.2) is 4.39 Å². The van der Waals surface area contributed by atoms with Crippen LogP contribution in [0.3, 0.4) is 0 Å². The van der Waals surface area contributed by atoms with E-state index < -0.39 is 0 Å². The minimum atomic E-state index is -0.265. The lowest BCUT2D eigenvalue weighted by molar-refractivity contribution is 0.304. The van der Waals surface area contributed by atoms with Crippen LogP contribution in [0.15, 0.2) is 48.5 Å². The zero-order valence-electron chi connectivity index (χ0n) is 9.52. The van der Waals surface area contributed by atoms with Gasteiger partial charge in [0.2, 0.25) is 0 Å². The summed E-state index contributed by atoms with van der Waals surface area (Å²) >= 11 is 0. The van der Waals surface area contributed by atoms with Crippen LogP contribution in [0.1, 0.15) is 5.56 Å². The van der Waals surface area contributed by atoms with Crippen LogP contribution in [0, 0.1) is 5.82 Å². The molecule has 0 radical (unpaired) electrons. The second-order valence-corrected chi connectivity index (χ2v) is 3.59. The topological polar surface area (TPSA) is 18.5 Å². The number of halogens is 1. The van der Waals surface area contributed by atoms with Gasteiger partial charge in [0, 0.05) is 0 Å². The van der Waals surface area contributed by atoms with Crippen LogP contribution in [0.2, 0.25) is 0 Å². The molecule has 2 aromatic rings. The van der Waals surface area contributed by atoms with Crippen molar-refractivity contribution in [3.63, 3.8) is 0 Å². The Hall–Kier alpha value is -2.03. The van der Waals surface area contributed by atoms with Crippen molar-refractivity contribution in [1.82, 2.24) is 0 Å². The van der Waals surface area contributed by atoms with Crippen molar-refractivity contribution in [2.45, 2.75) is 6.61 Å². The van der Waals surface area contributed by atoms with E-state index in [1.54, 1.807) is 19.2 Å². The van der Waals surface area contributed by atoms with Gasteiger partial charge in [0.15, 0.2) is 0 Å². The smallest absolute Gasteiger partial charge is 0.123 e. The summed E-state index contributed by atoms with van der Waals surface area (Å²) in [6.45, 7) is 0.433. The Bertz CT molecular complexity index is 480. The molecule has 0 fully saturated rings. The van der Waals surface area contributed by atoms with E-state index in [0.717, 1.165) is 11.3 Å². The van der Waals surface area contributed by atoms with E-state index in [4.69, 9.17) is 9.47 Å². The van der Waals surface area contributed by atoms with Crippen LogP contribution >= 0.6 is 0 Å². The lowest BCUT2D eigenvalue weighted by Crippen LogP contribution is -1.95. The molecule has 0 bridgehead atoms. The van der Waals surface area contributed by atoms with Gasteiger partial charge in [0.25, 0.3) is 0 Å². The number of hydrogen-bond donors (Lipinski definition) is 0. The second-order valence-electron chi connectivity index (χ2n) is 3.59. The van der Waals surface area contributed by atoms with Crippen molar-refractivity contribution in [3.05, 3.63) is 59.9 Å². The van der Waals surface area contributed by atoms with Crippen LogP contribution in [0.5, 0.6) is 11.5 Å². The molecule has 0 saturated carbocycles. The maximum Gasteiger partial charge on any atom is 0.123 e. The molecular formula is C14H13FO2. The molecule has 0 saturated heterocycles. The van der Waals surface area contributed by atoms with E-state index in [1.807, 2.05) is 24.3 Å². The fourth-order valence-corrected chi connectivity index (χ4v) is 1.46. The molecule has 3 heteroatoms. The highest BCUT2D eigenvalue weighted by Gasteiger charge is 1.98. The molecule has 0 atom stereocenters. The van der Waals surface area contributed by atoms with E-state index in [0.29, 0.717) is 12.4 Å². The molecule has 0 aliphatic rings. The third-order valence-corrected chi connectivity index (χ3v) is 2.35. The van der Waals surface area contributed by atoms with E-state index in [1.165, 1.54) is 12.1 Å². The number of hydrogen-bond acceptors (Lipinski definition) is 2. The van der Waals surface area contributed by atoms with Crippen molar-refractivity contribution in [2.75, 3.05) is 7.11 Å². The average Bonchev–Trinajstić information content (AvgIpc) is 2.38. The van der Waals surface area contributed by atoms with Gasteiger partial charge in [0.05, 0.1) is 7.11 Å². The molecule has 0 spiro atoms. The first-order chi connectivity index (χ1) is 8.28. The minimum absolute atomic E-state index is 0.265. The quantitative estimate of drug-likeness (QED) is 0.804. The Morgan fingerprint density at radius 2 is 1.76 bits per heavy atom. The van der Waals surface area contributed by atoms with Crippen LogP contribution in [0.25, 0.3) is 0 Å². The molecule has 0 aromatic heterocycles. The monoisotopic (exact) mass is 232 g/mol. The molecule has 17 heavy (non-hydrogen) atoms. The van der Waals surface area contributed by atoms with Crippen molar-refractivity contribution < 1.29 is 13.9 Å². The van der Waals surface area contributed by atoms with Gasteiger partial charge in [-0.2, -0.15) is 0 Å². The molecule has 0 aliphatic carbocycles. The summed E-state index contributed by atoms with van der Waals surface area (Å²) in [6.07, 6.45) is 0. The van der Waals surface area contributed by atoms with Crippen LogP contribution in [-0.2, 0) is 6.61 Å². The Labute approximate surface area is 99.6 Å². The summed E-state index contributed by atoms with van der Waals surface area (Å²) in [6, 6.07) is 13.6. The van der Waals surface area contributed by atoms with Gasteiger partial charge in [0.1, 0.15) is 23.9 Å². The van der Waals surface area contributed by atoms with Gasteiger partial charge in [-0.15, -0.1) is 0 Å². The van der Waals surface area contributed by atoms with Crippen LogP contribution in [-0.4, -0.2) is 7.11 Å². The normalized spacial score (nSPS) is 10.0. The van der Waals surface area contributed by atoms with E-state index in [9.17, 15) is 4.39 Å². The fourth-order valence-electron chi connectivity index (χ4n) is 1.46. The number of rotatable bonds is 4. The molecule has 2 aromatic carbocycles. The van der Waals surface area contributed by atoms with Crippen LogP contribution < -0.4 is 9.47 Å². The van der Waals surface area contributed by atoms with Gasteiger partial charge in [-0.3, -0.25) is 0 Å². The van der Waals surface area contributed by atoms with E-state index >= 15 is 0 Å². The first-order valence-corrected chi connectivity index (χ1v) is 5.29. The highest BCUT2D eigenvalue weighted by Crippen LogP contribution is 2.16. The molecule has 0 aliphatic heterocycles. The standard InChI is InChI=1S/C14H13FO2/c1-16-14-4-2-3-11(9-14)10-17-13-7-5-12(15)6-8-13/h2-9H,10H2,1H3. The summed E-state index contributed by atoms with van der Waals surface area (Å²) < 4.78 is 23.3. The highest BCUT2D eigenvalue weighted by atomic mass is 19.1. The average molecular weight is 232 g/mol. The lowest BCUT2D eigenvalue weighted by Gasteiger charge is -2.07. The van der Waals surface area contributed by atoms with E-state index in [-0.39, 0.29) is 5.82 Å². The third kappa shape index (κ3) is 3.21. The summed E-state index contributed by atoms with van der Waals surface area (Å²) in [4.78, 5) is 0. The zero-order chi connectivity index (χ0) is 12.1. The van der Waals surface area contributed by atoms with Gasteiger partial charge in [-0.1, -0.05) is 12.1 Å². The Balaban J connectivity index is 1.99. The van der Waals surface area contributed by atoms with Crippen molar-refractivity contribution in [1.29, 1.82) is 0 Å². The van der Waals surface area contributed by atoms with Gasteiger partial charge >= 0.3 is 0 Å². The predicted molar refractivity (Wildman–Crippen MR) is 63.7 cm³/mol. The molecule has 2 nitrogen and oxygen atoms in total. The largest absolute Gasteiger partial charge is 0.497 e. The SMILES string of the molecule is COc1cccc(COc2ccc(F)cc2)c1. The Kier molecular flexibility index (Phi) is 3.60.